The average Bonchev–Trinajstić information content (AvgIpc) is 2.32. The number of rotatable bonds is 10. The number of aliphatic hydroxyl groups is 1. The fourth-order valence-corrected chi connectivity index (χ4v) is 2.48. The van der Waals surface area contributed by atoms with Gasteiger partial charge in [0.25, 0.3) is 6.43 Å². The monoisotopic (exact) mass is 317 g/mol. The summed E-state index contributed by atoms with van der Waals surface area (Å²) in [7, 11) is 0. The van der Waals surface area contributed by atoms with Gasteiger partial charge in [-0.15, -0.1) is 4.72 Å². The summed E-state index contributed by atoms with van der Waals surface area (Å²) in [6.07, 6.45) is -3.06. The van der Waals surface area contributed by atoms with Crippen molar-refractivity contribution in [1.82, 2.24) is 4.72 Å². The van der Waals surface area contributed by atoms with E-state index in [4.69, 9.17) is 5.11 Å². The number of alkyl halides is 3. The maximum atomic E-state index is 13.2. The first-order chi connectivity index (χ1) is 9.18. The van der Waals surface area contributed by atoms with Crippen LogP contribution in [-0.4, -0.2) is 39.7 Å². The summed E-state index contributed by atoms with van der Waals surface area (Å²) in [5, 5.41) is 8.68. The maximum absolute atomic E-state index is 13.2. The number of hydrogen-bond acceptors (Lipinski definition) is 3. The minimum absolute atomic E-state index is 0.0782. The largest absolute Gasteiger partial charge is 0.598 e. The van der Waals surface area contributed by atoms with Gasteiger partial charge in [0.15, 0.2) is 6.17 Å². The van der Waals surface area contributed by atoms with Gasteiger partial charge in [-0.1, -0.05) is 12.8 Å². The first-order valence-corrected chi connectivity index (χ1v) is 8.04. The third-order valence-corrected chi connectivity index (χ3v) is 4.48. The van der Waals surface area contributed by atoms with Gasteiger partial charge in [0.1, 0.15) is 4.75 Å². The van der Waals surface area contributed by atoms with E-state index in [0.717, 1.165) is 6.42 Å². The van der Waals surface area contributed by atoms with Gasteiger partial charge in [-0.05, 0) is 33.6 Å². The normalized spacial score (nSPS) is 17.2. The van der Waals surface area contributed by atoms with Gasteiger partial charge >= 0.3 is 0 Å². The number of halogens is 3. The average molecular weight is 317 g/mol. The fraction of sp³-hybridized carbons (Fsp3) is 1.00. The van der Waals surface area contributed by atoms with Gasteiger partial charge in [0.05, 0.1) is 6.04 Å². The van der Waals surface area contributed by atoms with Gasteiger partial charge in [-0.3, -0.25) is 0 Å². The molecule has 7 heteroatoms. The van der Waals surface area contributed by atoms with Crippen LogP contribution < -0.4 is 4.72 Å². The summed E-state index contributed by atoms with van der Waals surface area (Å²) >= 11 is -1.42. The predicted molar refractivity (Wildman–Crippen MR) is 75.9 cm³/mol. The highest BCUT2D eigenvalue weighted by molar-refractivity contribution is 7.90. The Balaban J connectivity index is 4.38. The van der Waals surface area contributed by atoms with E-state index in [1.54, 1.807) is 20.8 Å². The summed E-state index contributed by atoms with van der Waals surface area (Å²) in [6.45, 7) is 5.37. The lowest BCUT2D eigenvalue weighted by Crippen LogP contribution is -2.46. The molecule has 0 radical (unpaired) electrons. The lowest BCUT2D eigenvalue weighted by Gasteiger charge is -2.28. The Bertz CT molecular complexity index is 252. The van der Waals surface area contributed by atoms with Crippen molar-refractivity contribution in [2.24, 2.45) is 0 Å². The topological polar surface area (TPSA) is 55.3 Å². The first kappa shape index (κ1) is 20.0. The molecule has 3 nitrogen and oxygen atoms in total. The second-order valence-corrected chi connectivity index (χ2v) is 7.85. The Morgan fingerprint density at radius 3 is 2.20 bits per heavy atom. The van der Waals surface area contributed by atoms with Crippen molar-refractivity contribution >= 4 is 11.4 Å². The molecule has 0 spiro atoms. The molecule has 0 rings (SSSR count). The number of nitrogens with one attached hydrogen (secondary N) is 1. The van der Waals surface area contributed by atoms with Gasteiger partial charge in [0, 0.05) is 24.4 Å². The van der Waals surface area contributed by atoms with Crippen LogP contribution in [0.25, 0.3) is 0 Å². The van der Waals surface area contributed by atoms with E-state index in [9.17, 15) is 17.7 Å². The predicted octanol–water partition coefficient (Wildman–Crippen LogP) is 2.95. The Labute approximate surface area is 122 Å². The third kappa shape index (κ3) is 9.05. The second-order valence-electron chi connectivity index (χ2n) is 5.85. The van der Waals surface area contributed by atoms with E-state index >= 15 is 0 Å². The number of aliphatic hydroxyl groups excluding tert-OH is 1. The first-order valence-electron chi connectivity index (χ1n) is 6.89. The molecule has 0 aliphatic rings. The minimum atomic E-state index is -3.01. The standard InChI is InChI=1S/C13H26F3NO2S/c1-13(2,3)20(19)17-10(7-5-4-6-8-18)9-11(14)12(15)16/h10-12,17-18H,4-9H2,1-3H3. The summed E-state index contributed by atoms with van der Waals surface area (Å²) in [5.41, 5.74) is 0. The van der Waals surface area contributed by atoms with Crippen molar-refractivity contribution in [3.05, 3.63) is 0 Å². The van der Waals surface area contributed by atoms with Crippen molar-refractivity contribution in [2.45, 2.75) is 76.3 Å². The minimum Gasteiger partial charge on any atom is -0.598 e. The Morgan fingerprint density at radius 1 is 1.15 bits per heavy atom. The van der Waals surface area contributed by atoms with Crippen molar-refractivity contribution in [3.8, 4) is 0 Å². The van der Waals surface area contributed by atoms with Gasteiger partial charge in [0.2, 0.25) is 0 Å². The molecule has 0 heterocycles. The van der Waals surface area contributed by atoms with Gasteiger partial charge < -0.3 is 9.66 Å². The lowest BCUT2D eigenvalue weighted by atomic mass is 10.0. The van der Waals surface area contributed by atoms with Crippen molar-refractivity contribution in [2.75, 3.05) is 6.61 Å². The van der Waals surface area contributed by atoms with Crippen molar-refractivity contribution < 1.29 is 22.8 Å². The van der Waals surface area contributed by atoms with Crippen molar-refractivity contribution in [1.29, 1.82) is 0 Å². The highest BCUT2D eigenvalue weighted by atomic mass is 32.2. The van der Waals surface area contributed by atoms with Crippen LogP contribution in [0.4, 0.5) is 13.2 Å². The van der Waals surface area contributed by atoms with Crippen LogP contribution in [0, 0.1) is 0 Å². The molecule has 0 aromatic carbocycles. The SMILES string of the molecule is CC(C)(C)[S+]([O-])NC(CCCCCO)CC(F)C(F)F. The highest BCUT2D eigenvalue weighted by Crippen LogP contribution is 2.20. The molecule has 0 aliphatic carbocycles. The van der Waals surface area contributed by atoms with E-state index in [0.29, 0.717) is 19.3 Å². The van der Waals surface area contributed by atoms with Crippen LogP contribution in [0.3, 0.4) is 0 Å². The van der Waals surface area contributed by atoms with Gasteiger partial charge in [-0.2, -0.15) is 0 Å². The highest BCUT2D eigenvalue weighted by Gasteiger charge is 2.31. The fourth-order valence-electron chi connectivity index (χ4n) is 1.61. The van der Waals surface area contributed by atoms with Crippen molar-refractivity contribution in [3.63, 3.8) is 0 Å². The van der Waals surface area contributed by atoms with Gasteiger partial charge in [-0.25, -0.2) is 13.2 Å². The van der Waals surface area contributed by atoms with E-state index in [1.165, 1.54) is 0 Å². The summed E-state index contributed by atoms with van der Waals surface area (Å²) in [5.74, 6) is 0. The molecule has 122 valence electrons. The zero-order valence-corrected chi connectivity index (χ0v) is 13.2. The maximum Gasteiger partial charge on any atom is 0.269 e. The van der Waals surface area contributed by atoms with Crippen LogP contribution >= 0.6 is 0 Å². The molecule has 0 saturated heterocycles. The summed E-state index contributed by atoms with van der Waals surface area (Å²) in [6, 6.07) is -0.544. The summed E-state index contributed by atoms with van der Waals surface area (Å²) in [4.78, 5) is 0. The molecule has 2 N–H and O–H groups in total. The zero-order chi connectivity index (χ0) is 15.8. The molecule has 0 amide bonds. The smallest absolute Gasteiger partial charge is 0.269 e. The zero-order valence-electron chi connectivity index (χ0n) is 12.4. The quantitative estimate of drug-likeness (QED) is 0.481. The molecule has 3 unspecified atom stereocenters. The molecule has 0 aliphatic heterocycles. The molecule has 0 aromatic rings. The second kappa shape index (κ2) is 9.87. The molecule has 0 bridgehead atoms. The molecular formula is C13H26F3NO2S. The Kier molecular flexibility index (Phi) is 9.88. The van der Waals surface area contributed by atoms with E-state index < -0.39 is 34.7 Å². The number of unbranched alkanes of at least 4 members (excludes halogenated alkanes) is 2. The molecule has 3 atom stereocenters. The van der Waals surface area contributed by atoms with Crippen LogP contribution in [0.2, 0.25) is 0 Å². The van der Waals surface area contributed by atoms with Crippen LogP contribution in [-0.2, 0) is 11.4 Å². The molecular weight excluding hydrogens is 291 g/mol. The van der Waals surface area contributed by atoms with E-state index in [-0.39, 0.29) is 13.0 Å². The third-order valence-electron chi connectivity index (χ3n) is 2.82. The number of hydrogen-bond donors (Lipinski definition) is 2. The van der Waals surface area contributed by atoms with E-state index in [1.807, 2.05) is 0 Å². The van der Waals surface area contributed by atoms with Crippen LogP contribution in [0.1, 0.15) is 52.9 Å². The Hall–Kier alpha value is 0.0200. The summed E-state index contributed by atoms with van der Waals surface area (Å²) < 4.78 is 51.9. The molecule has 0 fully saturated rings. The van der Waals surface area contributed by atoms with Crippen LogP contribution in [0.5, 0.6) is 0 Å². The van der Waals surface area contributed by atoms with Crippen LogP contribution in [0.15, 0.2) is 0 Å². The van der Waals surface area contributed by atoms with E-state index in [2.05, 4.69) is 4.72 Å². The molecule has 0 aromatic heterocycles. The molecule has 20 heavy (non-hydrogen) atoms. The molecule has 0 saturated carbocycles. The Morgan fingerprint density at radius 2 is 1.75 bits per heavy atom. The lowest BCUT2D eigenvalue weighted by molar-refractivity contribution is 0.0402.